The van der Waals surface area contributed by atoms with Gasteiger partial charge >= 0.3 is 0 Å². The smallest absolute Gasteiger partial charge is 0.176 e. The van der Waals surface area contributed by atoms with Crippen LogP contribution in [0.15, 0.2) is 28.5 Å². The number of nitrogens with zero attached hydrogens (tertiary/aromatic N) is 1. The lowest BCUT2D eigenvalue weighted by atomic mass is 10.1. The van der Waals surface area contributed by atoms with E-state index in [9.17, 15) is 8.42 Å². The van der Waals surface area contributed by atoms with Crippen LogP contribution in [0.4, 0.5) is 0 Å². The van der Waals surface area contributed by atoms with Crippen molar-refractivity contribution in [3.63, 3.8) is 0 Å². The van der Waals surface area contributed by atoms with E-state index in [-0.39, 0.29) is 0 Å². The van der Waals surface area contributed by atoms with Gasteiger partial charge in [-0.3, -0.25) is 0 Å². The number of aryl methyl sites for hydroxylation is 1. The number of hydrogen-bond acceptors (Lipinski definition) is 5. The van der Waals surface area contributed by atoms with Gasteiger partial charge in [-0.1, -0.05) is 11.6 Å². The van der Waals surface area contributed by atoms with Crippen LogP contribution >= 0.6 is 11.3 Å². The Bertz CT molecular complexity index is 690. The van der Waals surface area contributed by atoms with Gasteiger partial charge < -0.3 is 5.32 Å². The summed E-state index contributed by atoms with van der Waals surface area (Å²) in [5, 5.41) is 5.88. The molecule has 1 aromatic carbocycles. The molecule has 1 aromatic heterocycles. The Morgan fingerprint density at radius 3 is 2.74 bits per heavy atom. The summed E-state index contributed by atoms with van der Waals surface area (Å²) in [6.07, 6.45) is 1.22. The molecule has 19 heavy (non-hydrogen) atoms. The second kappa shape index (κ2) is 5.40. The Balaban J connectivity index is 2.56. The molecule has 2 aromatic rings. The van der Waals surface area contributed by atoms with Crippen molar-refractivity contribution in [3.8, 4) is 11.3 Å². The Labute approximate surface area is 117 Å². The maximum atomic E-state index is 11.8. The molecule has 0 amide bonds. The Morgan fingerprint density at radius 1 is 1.37 bits per heavy atom. The number of thiazole rings is 1. The summed E-state index contributed by atoms with van der Waals surface area (Å²) in [5.41, 5.74) is 2.42. The average Bonchev–Trinajstić information content (AvgIpc) is 2.76. The average molecular weight is 296 g/mol. The highest BCUT2D eigenvalue weighted by atomic mass is 32.2. The minimum atomic E-state index is -3.25. The summed E-state index contributed by atoms with van der Waals surface area (Å²) in [6.45, 7) is 2.63. The first-order valence-electron chi connectivity index (χ1n) is 5.82. The monoisotopic (exact) mass is 296 g/mol. The van der Waals surface area contributed by atoms with Crippen molar-refractivity contribution in [1.29, 1.82) is 0 Å². The molecule has 0 atom stereocenters. The van der Waals surface area contributed by atoms with Gasteiger partial charge in [-0.15, -0.1) is 11.3 Å². The van der Waals surface area contributed by atoms with Crippen molar-refractivity contribution in [2.45, 2.75) is 18.4 Å². The van der Waals surface area contributed by atoms with E-state index in [0.717, 1.165) is 16.3 Å². The zero-order valence-corrected chi connectivity index (χ0v) is 12.7. The fourth-order valence-corrected chi connectivity index (χ4v) is 3.52. The minimum absolute atomic E-state index is 0.333. The van der Waals surface area contributed by atoms with Crippen LogP contribution in [0.3, 0.4) is 0 Å². The molecule has 6 heteroatoms. The third-order valence-corrected chi connectivity index (χ3v) is 4.69. The van der Waals surface area contributed by atoms with E-state index in [1.54, 1.807) is 12.1 Å². The van der Waals surface area contributed by atoms with Gasteiger partial charge in [-0.05, 0) is 26.1 Å². The fourth-order valence-electron chi connectivity index (χ4n) is 1.83. The van der Waals surface area contributed by atoms with E-state index in [1.165, 1.54) is 17.6 Å². The number of aromatic nitrogens is 1. The molecular weight excluding hydrogens is 280 g/mol. The Hall–Kier alpha value is -1.24. The first-order chi connectivity index (χ1) is 8.91. The summed E-state index contributed by atoms with van der Waals surface area (Å²) in [4.78, 5) is 4.81. The number of benzene rings is 1. The molecule has 0 fully saturated rings. The molecule has 0 spiro atoms. The number of nitrogens with one attached hydrogen (secondary N) is 1. The van der Waals surface area contributed by atoms with Gasteiger partial charge in [-0.2, -0.15) is 0 Å². The van der Waals surface area contributed by atoms with Crippen molar-refractivity contribution in [2.75, 3.05) is 13.3 Å². The Kier molecular flexibility index (Phi) is 4.03. The van der Waals surface area contributed by atoms with Gasteiger partial charge in [0.2, 0.25) is 0 Å². The van der Waals surface area contributed by atoms with Crippen LogP contribution in [0.5, 0.6) is 0 Å². The van der Waals surface area contributed by atoms with E-state index in [2.05, 4.69) is 10.3 Å². The van der Waals surface area contributed by atoms with Crippen molar-refractivity contribution < 1.29 is 8.42 Å². The molecule has 1 heterocycles. The van der Waals surface area contributed by atoms with Gasteiger partial charge in [0.15, 0.2) is 9.84 Å². The molecule has 0 aliphatic rings. The lowest BCUT2D eigenvalue weighted by Gasteiger charge is -2.06. The van der Waals surface area contributed by atoms with Crippen molar-refractivity contribution in [3.05, 3.63) is 34.2 Å². The first kappa shape index (κ1) is 14.2. The van der Waals surface area contributed by atoms with Crippen LogP contribution in [0.25, 0.3) is 11.3 Å². The largest absolute Gasteiger partial charge is 0.314 e. The van der Waals surface area contributed by atoms with Crippen LogP contribution in [0.2, 0.25) is 0 Å². The highest BCUT2D eigenvalue weighted by molar-refractivity contribution is 7.90. The standard InChI is InChI=1S/C13H16N2O2S2/c1-9-4-5-12(19(3,16)17)10(6-9)11-8-18-13(15-11)7-14-2/h4-6,8,14H,7H2,1-3H3. The normalized spacial score (nSPS) is 11.7. The first-order valence-corrected chi connectivity index (χ1v) is 8.59. The van der Waals surface area contributed by atoms with E-state index < -0.39 is 9.84 Å². The van der Waals surface area contributed by atoms with Gasteiger partial charge in [0.25, 0.3) is 0 Å². The van der Waals surface area contributed by atoms with Crippen molar-refractivity contribution in [1.82, 2.24) is 10.3 Å². The zero-order chi connectivity index (χ0) is 14.0. The SMILES string of the molecule is CNCc1nc(-c2cc(C)ccc2S(C)(=O)=O)cs1. The van der Waals surface area contributed by atoms with E-state index >= 15 is 0 Å². The highest BCUT2D eigenvalue weighted by Gasteiger charge is 2.16. The predicted molar refractivity (Wildman–Crippen MR) is 78.2 cm³/mol. The van der Waals surface area contributed by atoms with E-state index in [0.29, 0.717) is 17.0 Å². The molecule has 0 unspecified atom stereocenters. The lowest BCUT2D eigenvalue weighted by molar-refractivity contribution is 0.602. The molecule has 0 aliphatic heterocycles. The molecule has 102 valence electrons. The number of rotatable bonds is 4. The van der Waals surface area contributed by atoms with Crippen molar-refractivity contribution in [2.24, 2.45) is 0 Å². The highest BCUT2D eigenvalue weighted by Crippen LogP contribution is 2.29. The topological polar surface area (TPSA) is 59.1 Å². The van der Waals surface area contributed by atoms with Crippen LogP contribution in [0.1, 0.15) is 10.6 Å². The van der Waals surface area contributed by atoms with Gasteiger partial charge in [-0.25, -0.2) is 13.4 Å². The molecule has 4 nitrogen and oxygen atoms in total. The van der Waals surface area contributed by atoms with Gasteiger partial charge in [0.05, 0.1) is 10.6 Å². The van der Waals surface area contributed by atoms with Crippen LogP contribution in [0, 0.1) is 6.92 Å². The maximum Gasteiger partial charge on any atom is 0.176 e. The number of sulfone groups is 1. The van der Waals surface area contributed by atoms with E-state index in [1.807, 2.05) is 25.4 Å². The molecule has 0 saturated carbocycles. The summed E-state index contributed by atoms with van der Waals surface area (Å²) >= 11 is 1.53. The second-order valence-electron chi connectivity index (χ2n) is 4.43. The summed E-state index contributed by atoms with van der Waals surface area (Å²) < 4.78 is 23.7. The molecule has 0 bridgehead atoms. The predicted octanol–water partition coefficient (Wildman–Crippen LogP) is 2.24. The molecule has 2 rings (SSSR count). The summed E-state index contributed by atoms with van der Waals surface area (Å²) in [7, 11) is -1.40. The van der Waals surface area contributed by atoms with Crippen LogP contribution in [-0.4, -0.2) is 26.7 Å². The number of hydrogen-bond donors (Lipinski definition) is 1. The van der Waals surface area contributed by atoms with Gasteiger partial charge in [0.1, 0.15) is 5.01 Å². The third-order valence-electron chi connectivity index (χ3n) is 2.69. The van der Waals surface area contributed by atoms with E-state index in [4.69, 9.17) is 0 Å². The lowest BCUT2D eigenvalue weighted by Crippen LogP contribution is -2.04. The molecule has 0 saturated heterocycles. The molecule has 0 radical (unpaired) electrons. The fraction of sp³-hybridized carbons (Fsp3) is 0.308. The zero-order valence-electron chi connectivity index (χ0n) is 11.1. The summed E-state index contributed by atoms with van der Waals surface area (Å²) in [5.74, 6) is 0. The summed E-state index contributed by atoms with van der Waals surface area (Å²) in [6, 6.07) is 5.33. The van der Waals surface area contributed by atoms with Gasteiger partial charge in [0, 0.05) is 23.7 Å². The maximum absolute atomic E-state index is 11.8. The molecular formula is C13H16N2O2S2. The van der Waals surface area contributed by atoms with Crippen LogP contribution < -0.4 is 5.32 Å². The second-order valence-corrected chi connectivity index (χ2v) is 7.36. The molecule has 1 N–H and O–H groups in total. The molecule has 0 aliphatic carbocycles. The van der Waals surface area contributed by atoms with Crippen LogP contribution in [-0.2, 0) is 16.4 Å². The van der Waals surface area contributed by atoms with Crippen molar-refractivity contribution >= 4 is 21.2 Å². The Morgan fingerprint density at radius 2 is 2.11 bits per heavy atom. The minimum Gasteiger partial charge on any atom is -0.314 e. The third kappa shape index (κ3) is 3.20. The quantitative estimate of drug-likeness (QED) is 0.940.